The van der Waals surface area contributed by atoms with Gasteiger partial charge in [-0.15, -0.1) is 0 Å². The molecule has 2 aromatic rings. The molecule has 1 unspecified atom stereocenters. The van der Waals surface area contributed by atoms with Crippen molar-refractivity contribution in [3.8, 4) is 0 Å². The topological polar surface area (TPSA) is 68.0 Å². The van der Waals surface area contributed by atoms with Crippen molar-refractivity contribution in [3.05, 3.63) is 42.1 Å². The molecule has 1 aromatic heterocycles. The van der Waals surface area contributed by atoms with Crippen molar-refractivity contribution in [2.24, 2.45) is 5.73 Å². The largest absolute Gasteiger partial charge is 0.368 e. The summed E-state index contributed by atoms with van der Waals surface area (Å²) in [6.07, 6.45) is 1.72. The van der Waals surface area contributed by atoms with E-state index in [-0.39, 0.29) is 5.91 Å². The zero-order valence-electron chi connectivity index (χ0n) is 9.68. The fourth-order valence-corrected chi connectivity index (χ4v) is 1.93. The molecule has 17 heavy (non-hydrogen) atoms. The van der Waals surface area contributed by atoms with Crippen LogP contribution in [0.3, 0.4) is 0 Å². The Hall–Kier alpha value is -1.94. The molecular formula is C13H15N3O. The number of pyridine rings is 1. The van der Waals surface area contributed by atoms with Crippen molar-refractivity contribution >= 4 is 16.8 Å². The second-order valence-electron chi connectivity index (χ2n) is 3.82. The van der Waals surface area contributed by atoms with Crippen LogP contribution >= 0.6 is 0 Å². The van der Waals surface area contributed by atoms with Gasteiger partial charge in [-0.1, -0.05) is 31.2 Å². The SMILES string of the molecule is CCNC(C(N)=O)c1cccc2cccnc12. The minimum Gasteiger partial charge on any atom is -0.368 e. The molecule has 2 rings (SSSR count). The van der Waals surface area contributed by atoms with Gasteiger partial charge in [0.2, 0.25) is 5.91 Å². The van der Waals surface area contributed by atoms with Crippen LogP contribution in [0.1, 0.15) is 18.5 Å². The molecule has 0 fully saturated rings. The van der Waals surface area contributed by atoms with Crippen molar-refractivity contribution in [1.82, 2.24) is 10.3 Å². The number of nitrogens with zero attached hydrogens (tertiary/aromatic N) is 1. The van der Waals surface area contributed by atoms with Crippen LogP contribution in [0.5, 0.6) is 0 Å². The highest BCUT2D eigenvalue weighted by Crippen LogP contribution is 2.22. The van der Waals surface area contributed by atoms with Crippen LogP contribution in [-0.2, 0) is 4.79 Å². The number of carbonyl (C=O) groups is 1. The summed E-state index contributed by atoms with van der Waals surface area (Å²) in [5.74, 6) is -0.384. The lowest BCUT2D eigenvalue weighted by Gasteiger charge is -2.16. The standard InChI is InChI=1S/C13H15N3O/c1-2-15-12(13(14)17)10-7-3-5-9-6-4-8-16-11(9)10/h3-8,12,15H,2H2,1H3,(H2,14,17). The summed E-state index contributed by atoms with van der Waals surface area (Å²) in [6.45, 7) is 2.62. The third kappa shape index (κ3) is 2.26. The Kier molecular flexibility index (Phi) is 3.35. The zero-order valence-corrected chi connectivity index (χ0v) is 9.68. The van der Waals surface area contributed by atoms with Gasteiger partial charge < -0.3 is 11.1 Å². The fourth-order valence-electron chi connectivity index (χ4n) is 1.93. The average molecular weight is 229 g/mol. The number of nitrogens with one attached hydrogen (secondary N) is 1. The van der Waals surface area contributed by atoms with Crippen LogP contribution in [0.2, 0.25) is 0 Å². The first-order valence-corrected chi connectivity index (χ1v) is 5.60. The van der Waals surface area contributed by atoms with Crippen molar-refractivity contribution < 1.29 is 4.79 Å². The zero-order chi connectivity index (χ0) is 12.3. The average Bonchev–Trinajstić information content (AvgIpc) is 2.35. The molecule has 88 valence electrons. The molecule has 0 saturated heterocycles. The number of fused-ring (bicyclic) bond motifs is 1. The molecule has 0 aliphatic carbocycles. The number of nitrogens with two attached hydrogens (primary N) is 1. The van der Waals surface area contributed by atoms with E-state index < -0.39 is 6.04 Å². The highest BCUT2D eigenvalue weighted by Gasteiger charge is 2.19. The molecule has 4 nitrogen and oxygen atoms in total. The Morgan fingerprint density at radius 3 is 2.88 bits per heavy atom. The smallest absolute Gasteiger partial charge is 0.239 e. The number of likely N-dealkylation sites (N-methyl/N-ethyl adjacent to an activating group) is 1. The Bertz CT molecular complexity index is 534. The van der Waals surface area contributed by atoms with Gasteiger partial charge in [-0.3, -0.25) is 9.78 Å². The second kappa shape index (κ2) is 4.93. The first-order chi connectivity index (χ1) is 8.24. The van der Waals surface area contributed by atoms with Crippen molar-refractivity contribution in [3.63, 3.8) is 0 Å². The summed E-state index contributed by atoms with van der Waals surface area (Å²) in [7, 11) is 0. The van der Waals surface area contributed by atoms with Crippen LogP contribution in [0.4, 0.5) is 0 Å². The molecule has 1 aromatic carbocycles. The van der Waals surface area contributed by atoms with Gasteiger partial charge in [0.05, 0.1) is 5.52 Å². The predicted molar refractivity (Wildman–Crippen MR) is 67.4 cm³/mol. The van der Waals surface area contributed by atoms with E-state index in [0.717, 1.165) is 16.5 Å². The number of aromatic nitrogens is 1. The quantitative estimate of drug-likeness (QED) is 0.832. The monoisotopic (exact) mass is 229 g/mol. The lowest BCUT2D eigenvalue weighted by atomic mass is 10.0. The fraction of sp³-hybridized carbons (Fsp3) is 0.231. The number of hydrogen-bond donors (Lipinski definition) is 2. The number of carbonyl (C=O) groups excluding carboxylic acids is 1. The van der Waals surface area contributed by atoms with Gasteiger partial charge in [0.15, 0.2) is 0 Å². The van der Waals surface area contributed by atoms with Crippen LogP contribution in [-0.4, -0.2) is 17.4 Å². The van der Waals surface area contributed by atoms with Crippen LogP contribution in [0, 0.1) is 0 Å². The summed E-state index contributed by atoms with van der Waals surface area (Å²) in [5, 5.41) is 4.08. The highest BCUT2D eigenvalue weighted by atomic mass is 16.1. The van der Waals surface area contributed by atoms with Crippen molar-refractivity contribution in [2.75, 3.05) is 6.54 Å². The Balaban J connectivity index is 2.56. The molecule has 0 aliphatic heterocycles. The van der Waals surface area contributed by atoms with E-state index in [1.54, 1.807) is 6.20 Å². The minimum atomic E-state index is -0.487. The Morgan fingerprint density at radius 1 is 1.41 bits per heavy atom. The molecule has 0 saturated carbocycles. The van der Waals surface area contributed by atoms with Gasteiger partial charge in [-0.05, 0) is 12.6 Å². The number of rotatable bonds is 4. The maximum Gasteiger partial charge on any atom is 0.239 e. The Labute approximate surface area is 99.8 Å². The van der Waals surface area contributed by atoms with E-state index in [9.17, 15) is 4.79 Å². The number of amides is 1. The van der Waals surface area contributed by atoms with Gasteiger partial charge in [-0.25, -0.2) is 0 Å². The van der Waals surface area contributed by atoms with E-state index in [1.807, 2.05) is 37.3 Å². The Morgan fingerprint density at radius 2 is 2.18 bits per heavy atom. The lowest BCUT2D eigenvalue weighted by molar-refractivity contribution is -0.120. The van der Waals surface area contributed by atoms with Crippen LogP contribution < -0.4 is 11.1 Å². The molecule has 0 spiro atoms. The summed E-state index contributed by atoms with van der Waals surface area (Å²) in [5.41, 5.74) is 7.07. The maximum absolute atomic E-state index is 11.5. The van der Waals surface area contributed by atoms with E-state index in [2.05, 4.69) is 10.3 Å². The van der Waals surface area contributed by atoms with Gasteiger partial charge in [-0.2, -0.15) is 0 Å². The number of para-hydroxylation sites is 1. The van der Waals surface area contributed by atoms with Crippen molar-refractivity contribution in [1.29, 1.82) is 0 Å². The molecule has 1 amide bonds. The molecule has 0 aliphatic rings. The van der Waals surface area contributed by atoms with Gasteiger partial charge in [0.1, 0.15) is 6.04 Å². The first kappa shape index (κ1) is 11.5. The number of primary amides is 1. The highest BCUT2D eigenvalue weighted by molar-refractivity contribution is 5.89. The summed E-state index contributed by atoms with van der Waals surface area (Å²) < 4.78 is 0. The summed E-state index contributed by atoms with van der Waals surface area (Å²) in [4.78, 5) is 15.8. The second-order valence-corrected chi connectivity index (χ2v) is 3.82. The first-order valence-electron chi connectivity index (χ1n) is 5.60. The normalized spacial score (nSPS) is 12.5. The molecule has 1 heterocycles. The van der Waals surface area contributed by atoms with Crippen LogP contribution in [0.15, 0.2) is 36.5 Å². The van der Waals surface area contributed by atoms with E-state index in [4.69, 9.17) is 5.73 Å². The molecule has 3 N–H and O–H groups in total. The van der Waals surface area contributed by atoms with Gasteiger partial charge >= 0.3 is 0 Å². The van der Waals surface area contributed by atoms with Crippen LogP contribution in [0.25, 0.3) is 10.9 Å². The maximum atomic E-state index is 11.5. The van der Waals surface area contributed by atoms with Crippen molar-refractivity contribution in [2.45, 2.75) is 13.0 Å². The number of benzene rings is 1. The molecule has 0 bridgehead atoms. The number of hydrogen-bond acceptors (Lipinski definition) is 3. The van der Waals surface area contributed by atoms with E-state index in [1.165, 1.54) is 0 Å². The third-order valence-corrected chi connectivity index (χ3v) is 2.67. The third-order valence-electron chi connectivity index (χ3n) is 2.67. The van der Waals surface area contributed by atoms with E-state index >= 15 is 0 Å². The molecule has 0 radical (unpaired) electrons. The van der Waals surface area contributed by atoms with Gasteiger partial charge in [0, 0.05) is 17.1 Å². The van der Waals surface area contributed by atoms with E-state index in [0.29, 0.717) is 6.54 Å². The summed E-state index contributed by atoms with van der Waals surface area (Å²) >= 11 is 0. The minimum absolute atomic E-state index is 0.384. The molecule has 1 atom stereocenters. The van der Waals surface area contributed by atoms with Gasteiger partial charge in [0.25, 0.3) is 0 Å². The predicted octanol–water partition coefficient (Wildman–Crippen LogP) is 1.37. The summed E-state index contributed by atoms with van der Waals surface area (Å²) in [6, 6.07) is 9.11. The molecular weight excluding hydrogens is 214 g/mol. The lowest BCUT2D eigenvalue weighted by Crippen LogP contribution is -2.33. The molecule has 4 heteroatoms.